The van der Waals surface area contributed by atoms with Crippen molar-refractivity contribution in [1.29, 1.82) is 5.26 Å². The van der Waals surface area contributed by atoms with Crippen LogP contribution in [0.15, 0.2) is 40.9 Å². The van der Waals surface area contributed by atoms with E-state index in [9.17, 15) is 4.39 Å². The molecule has 0 aliphatic heterocycles. The number of rotatable bonds is 2. The van der Waals surface area contributed by atoms with Gasteiger partial charge in [0.25, 0.3) is 0 Å². The van der Waals surface area contributed by atoms with Crippen LogP contribution in [0, 0.1) is 17.1 Å². The molecule has 0 saturated heterocycles. The van der Waals surface area contributed by atoms with Gasteiger partial charge in [0, 0.05) is 10.5 Å². The van der Waals surface area contributed by atoms with Crippen LogP contribution in [0.1, 0.15) is 5.56 Å². The lowest BCUT2D eigenvalue weighted by molar-refractivity contribution is 0.475. The summed E-state index contributed by atoms with van der Waals surface area (Å²) in [5, 5.41) is 9.24. The monoisotopic (exact) mass is 325 g/mol. The predicted molar refractivity (Wildman–Crippen MR) is 70.3 cm³/mol. The first kappa shape index (κ1) is 12.9. The van der Waals surface area contributed by atoms with Gasteiger partial charge in [-0.25, -0.2) is 4.39 Å². The van der Waals surface area contributed by atoms with Gasteiger partial charge in [-0.1, -0.05) is 27.5 Å². The number of nitrogens with zero attached hydrogens (tertiary/aromatic N) is 1. The summed E-state index contributed by atoms with van der Waals surface area (Å²) in [6.07, 6.45) is 0. The van der Waals surface area contributed by atoms with E-state index in [1.807, 2.05) is 6.07 Å². The maximum absolute atomic E-state index is 13.1. The van der Waals surface area contributed by atoms with Crippen LogP contribution in [0.3, 0.4) is 0 Å². The van der Waals surface area contributed by atoms with E-state index in [1.165, 1.54) is 18.2 Å². The molecule has 0 bridgehead atoms. The minimum atomic E-state index is -0.456. The summed E-state index contributed by atoms with van der Waals surface area (Å²) >= 11 is 9.17. The molecule has 5 heteroatoms. The second kappa shape index (κ2) is 5.38. The zero-order valence-corrected chi connectivity index (χ0v) is 11.3. The van der Waals surface area contributed by atoms with E-state index in [1.54, 1.807) is 18.2 Å². The fourth-order valence-corrected chi connectivity index (χ4v) is 1.84. The normalized spacial score (nSPS) is 9.89. The Balaban J connectivity index is 2.43. The largest absolute Gasteiger partial charge is 0.454 e. The fourth-order valence-electron chi connectivity index (χ4n) is 1.35. The first-order chi connectivity index (χ1) is 8.60. The van der Waals surface area contributed by atoms with Crippen LogP contribution in [-0.4, -0.2) is 0 Å². The maximum Gasteiger partial charge on any atom is 0.148 e. The Bertz CT molecular complexity index is 639. The highest BCUT2D eigenvalue weighted by Crippen LogP contribution is 2.33. The molecular formula is C13H6BrClFNO. The molecule has 2 aromatic carbocycles. The molecule has 0 unspecified atom stereocenters. The Kier molecular flexibility index (Phi) is 3.85. The molecule has 0 saturated carbocycles. The van der Waals surface area contributed by atoms with Crippen LogP contribution in [-0.2, 0) is 0 Å². The number of hydrogen-bond acceptors (Lipinski definition) is 2. The van der Waals surface area contributed by atoms with Crippen molar-refractivity contribution in [3.8, 4) is 17.6 Å². The molecular weight excluding hydrogens is 321 g/mol. The summed E-state index contributed by atoms with van der Waals surface area (Å²) in [4.78, 5) is 0. The van der Waals surface area contributed by atoms with E-state index in [0.717, 1.165) is 4.47 Å². The van der Waals surface area contributed by atoms with Crippen molar-refractivity contribution in [1.82, 2.24) is 0 Å². The third-order valence-corrected chi connectivity index (χ3v) is 2.98. The number of halogens is 3. The fraction of sp³-hybridized carbons (Fsp3) is 0. The van der Waals surface area contributed by atoms with E-state index in [-0.39, 0.29) is 10.8 Å². The molecule has 0 heterocycles. The van der Waals surface area contributed by atoms with E-state index < -0.39 is 5.82 Å². The molecule has 0 N–H and O–H groups in total. The van der Waals surface area contributed by atoms with Crippen LogP contribution in [0.2, 0.25) is 5.02 Å². The van der Waals surface area contributed by atoms with E-state index >= 15 is 0 Å². The molecule has 0 fully saturated rings. The van der Waals surface area contributed by atoms with Gasteiger partial charge in [-0.15, -0.1) is 0 Å². The Morgan fingerprint density at radius 1 is 1.17 bits per heavy atom. The molecule has 0 amide bonds. The lowest BCUT2D eigenvalue weighted by atomic mass is 10.2. The van der Waals surface area contributed by atoms with Gasteiger partial charge < -0.3 is 4.74 Å². The zero-order chi connectivity index (χ0) is 13.1. The molecule has 0 spiro atoms. The standard InChI is InChI=1S/C13H6BrClFNO/c14-9-2-1-8(7-17)12(5-9)18-13-6-10(16)3-4-11(13)15/h1-6H. The van der Waals surface area contributed by atoms with Crippen molar-refractivity contribution in [3.05, 3.63) is 57.3 Å². The molecule has 0 atom stereocenters. The van der Waals surface area contributed by atoms with Gasteiger partial charge in [0.1, 0.15) is 23.4 Å². The molecule has 0 aliphatic carbocycles. The molecule has 0 aliphatic rings. The summed E-state index contributed by atoms with van der Waals surface area (Å²) in [6.45, 7) is 0. The second-order valence-electron chi connectivity index (χ2n) is 3.43. The van der Waals surface area contributed by atoms with Gasteiger partial charge in [0.15, 0.2) is 0 Å². The van der Waals surface area contributed by atoms with Gasteiger partial charge >= 0.3 is 0 Å². The van der Waals surface area contributed by atoms with Crippen LogP contribution in [0.25, 0.3) is 0 Å². The van der Waals surface area contributed by atoms with Crippen molar-refractivity contribution in [2.75, 3.05) is 0 Å². The Morgan fingerprint density at radius 3 is 2.67 bits per heavy atom. The lowest BCUT2D eigenvalue weighted by Crippen LogP contribution is -1.90. The van der Waals surface area contributed by atoms with Crippen LogP contribution in [0.4, 0.5) is 4.39 Å². The summed E-state index contributed by atoms with van der Waals surface area (Å²) < 4.78 is 19.3. The first-order valence-electron chi connectivity index (χ1n) is 4.92. The zero-order valence-electron chi connectivity index (χ0n) is 8.95. The Morgan fingerprint density at radius 2 is 1.94 bits per heavy atom. The smallest absolute Gasteiger partial charge is 0.148 e. The van der Waals surface area contributed by atoms with Crippen LogP contribution < -0.4 is 4.74 Å². The number of nitriles is 1. The summed E-state index contributed by atoms with van der Waals surface area (Å²) in [5.74, 6) is 0.0357. The second-order valence-corrected chi connectivity index (χ2v) is 4.75. The summed E-state index contributed by atoms with van der Waals surface area (Å²) in [5.41, 5.74) is 0.346. The topological polar surface area (TPSA) is 33.0 Å². The Labute approximate surface area is 117 Å². The Hall–Kier alpha value is -1.57. The summed E-state index contributed by atoms with van der Waals surface area (Å²) in [6, 6.07) is 10.8. The van der Waals surface area contributed by atoms with Gasteiger partial charge in [-0.3, -0.25) is 0 Å². The van der Waals surface area contributed by atoms with Crippen molar-refractivity contribution in [3.63, 3.8) is 0 Å². The molecule has 90 valence electrons. The maximum atomic E-state index is 13.1. The molecule has 2 aromatic rings. The molecule has 2 nitrogen and oxygen atoms in total. The molecule has 18 heavy (non-hydrogen) atoms. The third-order valence-electron chi connectivity index (χ3n) is 2.18. The van der Waals surface area contributed by atoms with Crippen molar-refractivity contribution in [2.24, 2.45) is 0 Å². The van der Waals surface area contributed by atoms with E-state index in [0.29, 0.717) is 11.3 Å². The predicted octanol–water partition coefficient (Wildman–Crippen LogP) is 4.91. The first-order valence-corrected chi connectivity index (χ1v) is 6.10. The SMILES string of the molecule is N#Cc1ccc(Br)cc1Oc1cc(F)ccc1Cl. The number of benzene rings is 2. The van der Waals surface area contributed by atoms with Gasteiger partial charge in [0.05, 0.1) is 10.6 Å². The van der Waals surface area contributed by atoms with E-state index in [2.05, 4.69) is 15.9 Å². The lowest BCUT2D eigenvalue weighted by Gasteiger charge is -2.09. The molecule has 0 aromatic heterocycles. The average molecular weight is 327 g/mol. The van der Waals surface area contributed by atoms with Gasteiger partial charge in [-0.2, -0.15) is 5.26 Å². The third kappa shape index (κ3) is 2.81. The quantitative estimate of drug-likeness (QED) is 0.786. The average Bonchev–Trinajstić information content (AvgIpc) is 2.34. The number of hydrogen-bond donors (Lipinski definition) is 0. The van der Waals surface area contributed by atoms with Crippen molar-refractivity contribution >= 4 is 27.5 Å². The van der Waals surface area contributed by atoms with Gasteiger partial charge in [-0.05, 0) is 30.3 Å². The minimum Gasteiger partial charge on any atom is -0.454 e. The number of ether oxygens (including phenoxy) is 1. The minimum absolute atomic E-state index is 0.172. The molecule has 2 rings (SSSR count). The van der Waals surface area contributed by atoms with Crippen molar-refractivity contribution in [2.45, 2.75) is 0 Å². The van der Waals surface area contributed by atoms with Gasteiger partial charge in [0.2, 0.25) is 0 Å². The van der Waals surface area contributed by atoms with Crippen molar-refractivity contribution < 1.29 is 9.13 Å². The highest BCUT2D eigenvalue weighted by atomic mass is 79.9. The highest BCUT2D eigenvalue weighted by Gasteiger charge is 2.09. The molecule has 0 radical (unpaired) electrons. The van der Waals surface area contributed by atoms with Crippen LogP contribution >= 0.6 is 27.5 Å². The van der Waals surface area contributed by atoms with Crippen LogP contribution in [0.5, 0.6) is 11.5 Å². The van der Waals surface area contributed by atoms with E-state index in [4.69, 9.17) is 21.6 Å². The summed E-state index contributed by atoms with van der Waals surface area (Å²) in [7, 11) is 0. The highest BCUT2D eigenvalue weighted by molar-refractivity contribution is 9.10.